The first-order valence-electron chi connectivity index (χ1n) is 11.1. The van der Waals surface area contributed by atoms with Crippen LogP contribution in [0.25, 0.3) is 16.7 Å². The molecule has 0 radical (unpaired) electrons. The van der Waals surface area contributed by atoms with Crippen LogP contribution >= 0.6 is 11.6 Å². The summed E-state index contributed by atoms with van der Waals surface area (Å²) in [4.78, 5) is 32.1. The van der Waals surface area contributed by atoms with Crippen molar-refractivity contribution >= 4 is 45.8 Å². The van der Waals surface area contributed by atoms with Gasteiger partial charge >= 0.3 is 0 Å². The van der Waals surface area contributed by atoms with Gasteiger partial charge in [-0.1, -0.05) is 29.8 Å². The summed E-state index contributed by atoms with van der Waals surface area (Å²) in [5, 5.41) is 18.4. The average Bonchev–Trinajstić information content (AvgIpc) is 3.43. The van der Waals surface area contributed by atoms with Gasteiger partial charge in [0.05, 0.1) is 17.6 Å². The number of hydrogen-bond acceptors (Lipinski definition) is 5. The second kappa shape index (κ2) is 8.85. The summed E-state index contributed by atoms with van der Waals surface area (Å²) in [6.07, 6.45) is 1.46. The molecule has 1 atom stereocenters. The summed E-state index contributed by atoms with van der Waals surface area (Å²) in [5.41, 5.74) is 3.73. The molecule has 1 saturated heterocycles. The minimum Gasteiger partial charge on any atom is -0.312 e. The van der Waals surface area contributed by atoms with Crippen molar-refractivity contribution in [2.45, 2.75) is 20.3 Å². The number of nitriles is 1. The van der Waals surface area contributed by atoms with Crippen LogP contribution in [0.5, 0.6) is 0 Å². The molecule has 2 aromatic carbocycles. The molecule has 1 aliphatic heterocycles. The maximum Gasteiger partial charge on any atom is 0.231 e. The maximum atomic E-state index is 13.2. The van der Waals surface area contributed by atoms with E-state index >= 15 is 0 Å². The lowest BCUT2D eigenvalue weighted by atomic mass is 10.1. The normalized spacial score (nSPS) is 15.4. The third kappa shape index (κ3) is 4.11. The molecule has 35 heavy (non-hydrogen) atoms. The van der Waals surface area contributed by atoms with E-state index in [-0.39, 0.29) is 36.2 Å². The summed E-state index contributed by atoms with van der Waals surface area (Å²) in [6.45, 7) is 4.19. The van der Waals surface area contributed by atoms with Crippen molar-refractivity contribution in [1.82, 2.24) is 14.8 Å². The predicted molar refractivity (Wildman–Crippen MR) is 134 cm³/mol. The Bertz CT molecular complexity index is 1520. The van der Waals surface area contributed by atoms with E-state index in [2.05, 4.69) is 16.5 Å². The summed E-state index contributed by atoms with van der Waals surface area (Å²) < 4.78 is 1.46. The van der Waals surface area contributed by atoms with E-state index in [1.165, 1.54) is 10.9 Å². The molecule has 0 saturated carbocycles. The largest absolute Gasteiger partial charge is 0.312 e. The number of rotatable bonds is 4. The molecule has 1 fully saturated rings. The molecule has 2 amide bonds. The Kier molecular flexibility index (Phi) is 5.71. The van der Waals surface area contributed by atoms with Crippen molar-refractivity contribution in [3.8, 4) is 11.9 Å². The predicted octanol–water partition coefficient (Wildman–Crippen LogP) is 4.55. The van der Waals surface area contributed by atoms with Crippen LogP contribution in [0, 0.1) is 31.1 Å². The highest BCUT2D eigenvalue weighted by atomic mass is 35.5. The van der Waals surface area contributed by atoms with Crippen LogP contribution in [0.1, 0.15) is 23.1 Å². The number of aryl methyl sites for hydroxylation is 2. The number of carbonyl (C=O) groups excluding carboxylic acids is 2. The van der Waals surface area contributed by atoms with E-state index < -0.39 is 5.92 Å². The number of nitrogens with zero attached hydrogens (tertiary/aromatic N) is 5. The van der Waals surface area contributed by atoms with Gasteiger partial charge in [-0.15, -0.1) is 0 Å². The summed E-state index contributed by atoms with van der Waals surface area (Å²) >= 11 is 5.95. The number of halogens is 1. The fourth-order valence-corrected chi connectivity index (χ4v) is 4.48. The molecule has 3 heterocycles. The van der Waals surface area contributed by atoms with Crippen molar-refractivity contribution in [2.24, 2.45) is 5.92 Å². The highest BCUT2D eigenvalue weighted by molar-refractivity contribution is 6.30. The molecule has 0 aliphatic carbocycles. The highest BCUT2D eigenvalue weighted by Gasteiger charge is 2.36. The number of fused-ring (bicyclic) bond motifs is 1. The van der Waals surface area contributed by atoms with E-state index in [1.54, 1.807) is 29.2 Å². The van der Waals surface area contributed by atoms with Gasteiger partial charge in [0.2, 0.25) is 11.8 Å². The third-order valence-corrected chi connectivity index (χ3v) is 6.47. The van der Waals surface area contributed by atoms with E-state index in [4.69, 9.17) is 16.6 Å². The Morgan fingerprint density at radius 3 is 2.69 bits per heavy atom. The number of hydrogen-bond donors (Lipinski definition) is 1. The Labute approximate surface area is 206 Å². The first-order valence-corrected chi connectivity index (χ1v) is 11.5. The van der Waals surface area contributed by atoms with Crippen molar-refractivity contribution in [3.05, 3.63) is 76.4 Å². The first kappa shape index (κ1) is 22.6. The van der Waals surface area contributed by atoms with Crippen molar-refractivity contribution in [1.29, 1.82) is 5.26 Å². The highest BCUT2D eigenvalue weighted by Crippen LogP contribution is 2.29. The third-order valence-electron chi connectivity index (χ3n) is 6.22. The Morgan fingerprint density at radius 1 is 1.17 bits per heavy atom. The molecule has 0 bridgehead atoms. The van der Waals surface area contributed by atoms with Gasteiger partial charge in [-0.25, -0.2) is 4.98 Å². The molecule has 8 nitrogen and oxygen atoms in total. The van der Waals surface area contributed by atoms with Gasteiger partial charge in [-0.05, 0) is 55.3 Å². The zero-order valence-electron chi connectivity index (χ0n) is 19.1. The van der Waals surface area contributed by atoms with E-state index in [0.29, 0.717) is 16.5 Å². The lowest BCUT2D eigenvalue weighted by molar-refractivity contribution is -0.122. The fraction of sp³-hybridized carbons (Fsp3) is 0.192. The van der Waals surface area contributed by atoms with Gasteiger partial charge < -0.3 is 10.2 Å². The second-order valence-electron chi connectivity index (χ2n) is 8.57. The molecule has 0 spiro atoms. The number of anilines is 2. The van der Waals surface area contributed by atoms with Crippen LogP contribution < -0.4 is 10.2 Å². The molecule has 2 aromatic heterocycles. The smallest absolute Gasteiger partial charge is 0.231 e. The lowest BCUT2D eigenvalue weighted by Crippen LogP contribution is -2.28. The minimum atomic E-state index is -0.582. The van der Waals surface area contributed by atoms with Crippen LogP contribution in [0.2, 0.25) is 5.02 Å². The molecule has 1 unspecified atom stereocenters. The monoisotopic (exact) mass is 484 g/mol. The van der Waals surface area contributed by atoms with Crippen LogP contribution in [0.15, 0.2) is 54.7 Å². The maximum absolute atomic E-state index is 13.2. The number of benzene rings is 2. The van der Waals surface area contributed by atoms with E-state index in [0.717, 1.165) is 22.0 Å². The van der Waals surface area contributed by atoms with Crippen LogP contribution in [0.4, 0.5) is 11.5 Å². The van der Waals surface area contributed by atoms with E-state index in [9.17, 15) is 14.9 Å². The summed E-state index contributed by atoms with van der Waals surface area (Å²) in [7, 11) is 0. The number of carbonyl (C=O) groups is 2. The minimum absolute atomic E-state index is 0.0665. The standard InChI is InChI=1S/C26H21ClN6O2/c1-15-4-3-5-21-16(2)10-22(30-24(15)21)33-25(18(12-28)13-29-33)31-26(35)17-11-23(34)32(14-17)20-8-6-19(27)7-9-20/h3-10,13,17H,11,14H2,1-2H3,(H,31,35). The molecule has 9 heteroatoms. The average molecular weight is 485 g/mol. The Morgan fingerprint density at radius 2 is 1.94 bits per heavy atom. The summed E-state index contributed by atoms with van der Waals surface area (Å²) in [6, 6.07) is 16.8. The lowest BCUT2D eigenvalue weighted by Gasteiger charge is -2.17. The van der Waals surface area contributed by atoms with E-state index in [1.807, 2.05) is 38.1 Å². The summed E-state index contributed by atoms with van der Waals surface area (Å²) in [5.74, 6) is -0.367. The number of amides is 2. The molecule has 5 rings (SSSR count). The zero-order chi connectivity index (χ0) is 24.7. The molecule has 4 aromatic rings. The van der Waals surface area contributed by atoms with Crippen LogP contribution in [-0.4, -0.2) is 33.1 Å². The quantitative estimate of drug-likeness (QED) is 0.457. The van der Waals surface area contributed by atoms with Gasteiger partial charge in [0.25, 0.3) is 0 Å². The Hall–Kier alpha value is -4.22. The van der Waals surface area contributed by atoms with Crippen molar-refractivity contribution < 1.29 is 9.59 Å². The molecular formula is C26H21ClN6O2. The molecule has 1 aliphatic rings. The molecular weight excluding hydrogens is 464 g/mol. The van der Waals surface area contributed by atoms with Crippen molar-refractivity contribution in [3.63, 3.8) is 0 Å². The fourth-order valence-electron chi connectivity index (χ4n) is 4.35. The molecule has 174 valence electrons. The first-order chi connectivity index (χ1) is 16.9. The van der Waals surface area contributed by atoms with Gasteiger partial charge in [0.1, 0.15) is 11.6 Å². The van der Waals surface area contributed by atoms with Gasteiger partial charge in [0.15, 0.2) is 11.6 Å². The number of pyridine rings is 1. The van der Waals surface area contributed by atoms with Crippen LogP contribution in [-0.2, 0) is 9.59 Å². The van der Waals surface area contributed by atoms with Gasteiger partial charge in [-0.2, -0.15) is 15.0 Å². The number of nitrogens with one attached hydrogen (secondary N) is 1. The van der Waals surface area contributed by atoms with Gasteiger partial charge in [-0.3, -0.25) is 9.59 Å². The number of aromatic nitrogens is 3. The molecule has 1 N–H and O–H groups in total. The SMILES string of the molecule is Cc1cc(-n2ncc(C#N)c2NC(=O)C2CC(=O)N(c3ccc(Cl)cc3)C2)nc2c(C)cccc12. The van der Waals surface area contributed by atoms with Crippen molar-refractivity contribution in [2.75, 3.05) is 16.8 Å². The number of para-hydroxylation sites is 1. The Balaban J connectivity index is 1.45. The zero-order valence-corrected chi connectivity index (χ0v) is 19.9. The van der Waals surface area contributed by atoms with Gasteiger partial charge in [0, 0.05) is 29.1 Å². The topological polar surface area (TPSA) is 104 Å². The second-order valence-corrected chi connectivity index (χ2v) is 9.01. The van der Waals surface area contributed by atoms with Crippen LogP contribution in [0.3, 0.4) is 0 Å².